The predicted molar refractivity (Wildman–Crippen MR) is 96.5 cm³/mol. The highest BCUT2D eigenvalue weighted by molar-refractivity contribution is 6.03. The Kier molecular flexibility index (Phi) is 4.87. The Bertz CT molecular complexity index is 757. The molecule has 0 spiro atoms. The Hall–Kier alpha value is -3.03. The maximum absolute atomic E-state index is 11.6. The largest absolute Gasteiger partial charge is 0.478 e. The second-order valence-electron chi connectivity index (χ2n) is 5.85. The van der Waals surface area contributed by atoms with Gasteiger partial charge in [-0.15, -0.1) is 0 Å². The van der Waals surface area contributed by atoms with E-state index < -0.39 is 5.97 Å². The smallest absolute Gasteiger partial charge is 0.333 e. The van der Waals surface area contributed by atoms with Gasteiger partial charge in [-0.05, 0) is 38.0 Å². The summed E-state index contributed by atoms with van der Waals surface area (Å²) in [7, 11) is 0. The van der Waals surface area contributed by atoms with Crippen molar-refractivity contribution in [3.63, 3.8) is 0 Å². The first-order valence-electron chi connectivity index (χ1n) is 8.28. The molecule has 2 aliphatic heterocycles. The fourth-order valence-electron chi connectivity index (χ4n) is 2.84. The van der Waals surface area contributed by atoms with E-state index in [9.17, 15) is 14.7 Å². The first kappa shape index (κ1) is 16.8. The number of aliphatic imine (C=N–C) groups is 1. The maximum Gasteiger partial charge on any atom is 0.333 e. The van der Waals surface area contributed by atoms with Crippen molar-refractivity contribution in [3.05, 3.63) is 30.0 Å². The molecule has 25 heavy (non-hydrogen) atoms. The van der Waals surface area contributed by atoms with Gasteiger partial charge in [-0.25, -0.2) is 14.6 Å². The van der Waals surface area contributed by atoms with Crippen molar-refractivity contribution in [2.75, 3.05) is 29.9 Å². The number of hydrogen-bond acceptors (Lipinski definition) is 5. The van der Waals surface area contributed by atoms with E-state index in [1.165, 1.54) is 0 Å². The summed E-state index contributed by atoms with van der Waals surface area (Å²) in [6.45, 7) is 3.59. The van der Waals surface area contributed by atoms with Crippen LogP contribution in [0.5, 0.6) is 0 Å². The Morgan fingerprint density at radius 2 is 2.24 bits per heavy atom. The summed E-state index contributed by atoms with van der Waals surface area (Å²) in [5.41, 5.74) is 2.88. The zero-order chi connectivity index (χ0) is 17.8. The van der Waals surface area contributed by atoms with Crippen molar-refractivity contribution in [1.29, 1.82) is 0 Å². The predicted octanol–water partition coefficient (Wildman–Crippen LogP) is 2.03. The number of urea groups is 1. The summed E-state index contributed by atoms with van der Waals surface area (Å²) < 4.78 is 0. The first-order valence-corrected chi connectivity index (χ1v) is 8.28. The number of carbonyl (C=O) groups is 2. The van der Waals surface area contributed by atoms with E-state index in [0.29, 0.717) is 36.6 Å². The standard InChI is InChI=1S/C17H21N5O3/c1-2-18-17(25)21-15-9-19-13-6-5-12(8-14(13)20-15)22-7-3-4-11(10-22)16(23)24/h5-6,8,10,19H,2-4,7,9H2,1H3,(H,23,24)(H2,18,20,21,25). The lowest BCUT2D eigenvalue weighted by molar-refractivity contribution is -0.132. The van der Waals surface area contributed by atoms with E-state index in [-0.39, 0.29) is 6.03 Å². The number of aliphatic carboxylic acids is 1. The Morgan fingerprint density at radius 1 is 1.40 bits per heavy atom. The molecule has 0 saturated carbocycles. The van der Waals surface area contributed by atoms with Crippen LogP contribution in [0.2, 0.25) is 0 Å². The first-order chi connectivity index (χ1) is 12.1. The van der Waals surface area contributed by atoms with Crippen molar-refractivity contribution >= 4 is 34.9 Å². The fraction of sp³-hybridized carbons (Fsp3) is 0.353. The third kappa shape index (κ3) is 3.90. The van der Waals surface area contributed by atoms with Gasteiger partial charge >= 0.3 is 12.0 Å². The van der Waals surface area contributed by atoms with E-state index in [2.05, 4.69) is 20.9 Å². The van der Waals surface area contributed by atoms with Gasteiger partial charge in [0.1, 0.15) is 5.84 Å². The molecule has 0 bridgehead atoms. The molecule has 0 aliphatic carbocycles. The summed E-state index contributed by atoms with van der Waals surface area (Å²) in [5, 5.41) is 17.8. The lowest BCUT2D eigenvalue weighted by Gasteiger charge is -2.27. The molecule has 0 saturated heterocycles. The van der Waals surface area contributed by atoms with Crippen LogP contribution in [-0.4, -0.2) is 42.6 Å². The molecule has 8 heteroatoms. The molecule has 0 atom stereocenters. The van der Waals surface area contributed by atoms with Crippen LogP contribution in [0, 0.1) is 0 Å². The summed E-state index contributed by atoms with van der Waals surface area (Å²) in [6.07, 6.45) is 3.05. The van der Waals surface area contributed by atoms with Crippen molar-refractivity contribution in [3.8, 4) is 0 Å². The van der Waals surface area contributed by atoms with Crippen LogP contribution >= 0.6 is 0 Å². The Balaban J connectivity index is 1.82. The van der Waals surface area contributed by atoms with E-state index in [4.69, 9.17) is 0 Å². The highest BCUT2D eigenvalue weighted by Crippen LogP contribution is 2.33. The molecule has 0 radical (unpaired) electrons. The van der Waals surface area contributed by atoms with Gasteiger partial charge in [0.05, 0.1) is 23.5 Å². The lowest BCUT2D eigenvalue weighted by Crippen LogP contribution is -2.42. The molecular weight excluding hydrogens is 322 g/mol. The third-order valence-electron chi connectivity index (χ3n) is 4.04. The average molecular weight is 343 g/mol. The summed E-state index contributed by atoms with van der Waals surface area (Å²) in [6, 6.07) is 5.46. The molecule has 0 aromatic heterocycles. The minimum Gasteiger partial charge on any atom is -0.478 e. The third-order valence-corrected chi connectivity index (χ3v) is 4.04. The molecule has 3 rings (SSSR count). The molecule has 2 amide bonds. The van der Waals surface area contributed by atoms with Crippen LogP contribution in [0.4, 0.5) is 21.9 Å². The van der Waals surface area contributed by atoms with Gasteiger partial charge < -0.3 is 20.6 Å². The lowest BCUT2D eigenvalue weighted by atomic mass is 10.1. The van der Waals surface area contributed by atoms with Crippen LogP contribution in [0.25, 0.3) is 0 Å². The molecule has 1 aromatic rings. The van der Waals surface area contributed by atoms with E-state index in [0.717, 1.165) is 24.3 Å². The molecule has 1 aromatic carbocycles. The molecular formula is C17H21N5O3. The van der Waals surface area contributed by atoms with Crippen LogP contribution in [0.3, 0.4) is 0 Å². The van der Waals surface area contributed by atoms with Crippen LogP contribution in [-0.2, 0) is 4.79 Å². The minimum atomic E-state index is -0.879. The number of hydrogen-bond donors (Lipinski definition) is 4. The zero-order valence-electron chi connectivity index (χ0n) is 14.0. The molecule has 4 N–H and O–H groups in total. The number of carbonyl (C=O) groups excluding carboxylic acids is 1. The number of carboxylic acid groups (broad SMARTS) is 1. The van der Waals surface area contributed by atoms with Gasteiger partial charge in [0.25, 0.3) is 0 Å². The highest BCUT2D eigenvalue weighted by Gasteiger charge is 2.19. The molecule has 2 aliphatic rings. The average Bonchev–Trinajstić information content (AvgIpc) is 2.61. The second-order valence-corrected chi connectivity index (χ2v) is 5.85. The maximum atomic E-state index is 11.6. The van der Waals surface area contributed by atoms with Crippen LogP contribution in [0.15, 0.2) is 35.0 Å². The van der Waals surface area contributed by atoms with Crippen molar-refractivity contribution in [2.24, 2.45) is 4.99 Å². The van der Waals surface area contributed by atoms with Gasteiger partial charge in [-0.1, -0.05) is 0 Å². The monoisotopic (exact) mass is 343 g/mol. The number of amides is 2. The topological polar surface area (TPSA) is 106 Å². The van der Waals surface area contributed by atoms with E-state index >= 15 is 0 Å². The fourth-order valence-corrected chi connectivity index (χ4v) is 2.84. The summed E-state index contributed by atoms with van der Waals surface area (Å²) in [5.74, 6) is -0.341. The van der Waals surface area contributed by atoms with E-state index in [1.54, 1.807) is 6.20 Å². The SMILES string of the molecule is CCNC(=O)NC1=Nc2cc(N3C=C(C(=O)O)CCC3)ccc2NC1. The number of carboxylic acids is 1. The van der Waals surface area contributed by atoms with E-state index in [1.807, 2.05) is 30.0 Å². The number of nitrogens with zero attached hydrogens (tertiary/aromatic N) is 2. The number of anilines is 2. The number of amidine groups is 1. The van der Waals surface area contributed by atoms with Crippen molar-refractivity contribution in [1.82, 2.24) is 10.6 Å². The van der Waals surface area contributed by atoms with Crippen LogP contribution in [0.1, 0.15) is 19.8 Å². The normalized spacial score (nSPS) is 16.1. The number of nitrogens with one attached hydrogen (secondary N) is 3. The van der Waals surface area contributed by atoms with Gasteiger partial charge in [0.2, 0.25) is 0 Å². The highest BCUT2D eigenvalue weighted by atomic mass is 16.4. The Morgan fingerprint density at radius 3 is 3.00 bits per heavy atom. The molecule has 0 unspecified atom stereocenters. The second kappa shape index (κ2) is 7.25. The van der Waals surface area contributed by atoms with Crippen molar-refractivity contribution < 1.29 is 14.7 Å². The summed E-state index contributed by atoms with van der Waals surface area (Å²) in [4.78, 5) is 29.2. The Labute approximate surface area is 145 Å². The quantitative estimate of drug-likeness (QED) is 0.672. The minimum absolute atomic E-state index is 0.285. The van der Waals surface area contributed by atoms with Gasteiger partial charge in [-0.2, -0.15) is 0 Å². The number of fused-ring (bicyclic) bond motifs is 1. The van der Waals surface area contributed by atoms with Gasteiger partial charge in [-0.3, -0.25) is 5.32 Å². The van der Waals surface area contributed by atoms with Gasteiger partial charge in [0, 0.05) is 25.0 Å². The van der Waals surface area contributed by atoms with Crippen LogP contribution < -0.4 is 20.9 Å². The zero-order valence-corrected chi connectivity index (χ0v) is 14.0. The molecule has 132 valence electrons. The summed E-state index contributed by atoms with van der Waals surface area (Å²) >= 11 is 0. The number of benzene rings is 1. The molecule has 8 nitrogen and oxygen atoms in total. The molecule has 0 fully saturated rings. The number of rotatable bonds is 3. The van der Waals surface area contributed by atoms with Crippen molar-refractivity contribution in [2.45, 2.75) is 19.8 Å². The van der Waals surface area contributed by atoms with Gasteiger partial charge in [0.15, 0.2) is 0 Å². The molecule has 2 heterocycles.